The van der Waals surface area contributed by atoms with E-state index in [2.05, 4.69) is 5.32 Å². The first kappa shape index (κ1) is 25.8. The van der Waals surface area contributed by atoms with Gasteiger partial charge in [0.25, 0.3) is 0 Å². The van der Waals surface area contributed by atoms with Crippen LogP contribution in [0, 0.1) is 0 Å². The van der Waals surface area contributed by atoms with Crippen LogP contribution in [0.2, 0.25) is 0 Å². The fourth-order valence-corrected chi connectivity index (χ4v) is 3.33. The van der Waals surface area contributed by atoms with Gasteiger partial charge in [-0.2, -0.15) is 0 Å². The summed E-state index contributed by atoms with van der Waals surface area (Å²) in [7, 11) is 0. The lowest BCUT2D eigenvalue weighted by molar-refractivity contribution is -0.271. The number of nitrogens with one attached hydrogen (secondary N) is 1. The highest BCUT2D eigenvalue weighted by atomic mass is 16.7. The van der Waals surface area contributed by atoms with E-state index in [1.54, 1.807) is 30.3 Å². The van der Waals surface area contributed by atoms with Crippen LogP contribution >= 0.6 is 0 Å². The number of benzene rings is 1. The van der Waals surface area contributed by atoms with Crippen LogP contribution in [-0.2, 0) is 54.1 Å². The van der Waals surface area contributed by atoms with Crippen molar-refractivity contribution in [2.24, 2.45) is 0 Å². The quantitative estimate of drug-likeness (QED) is 0.424. The fourth-order valence-electron chi connectivity index (χ4n) is 3.33. The standard InChI is InChI=1S/C22H27NO10/c1-12(24)23-19-21(31-15(4)27)20(30-14(3)26)17(11-29-13(2)25)32-22(19)33-18(28)10-16-8-6-5-7-9-16/h5-9,17,19-22H,10-11H2,1-4H3,(H,23,24)/t17-,19-,20+,21-,22+/m0/s1. The van der Waals surface area contributed by atoms with Gasteiger partial charge >= 0.3 is 23.9 Å². The molecule has 1 saturated heterocycles. The van der Waals surface area contributed by atoms with E-state index in [0.29, 0.717) is 5.56 Å². The SMILES string of the molecule is CC(=O)N[C@@H]1[C@@H](OC(=O)Cc2ccccc2)O[C@@H](COC(C)=O)[C@@H](OC(C)=O)[C@H]1OC(C)=O. The number of carbonyl (C=O) groups is 5. The van der Waals surface area contributed by atoms with Crippen LogP contribution in [0.3, 0.4) is 0 Å². The summed E-state index contributed by atoms with van der Waals surface area (Å²) in [6.45, 7) is 4.25. The van der Waals surface area contributed by atoms with E-state index in [1.165, 1.54) is 13.8 Å². The highest BCUT2D eigenvalue weighted by Crippen LogP contribution is 2.28. The zero-order chi connectivity index (χ0) is 24.5. The summed E-state index contributed by atoms with van der Waals surface area (Å²) in [6.07, 6.45) is -5.22. The zero-order valence-corrected chi connectivity index (χ0v) is 18.8. The molecule has 1 aliphatic rings. The predicted molar refractivity (Wildman–Crippen MR) is 110 cm³/mol. The Morgan fingerprint density at radius 3 is 2.00 bits per heavy atom. The minimum atomic E-state index is -1.43. The first-order chi connectivity index (χ1) is 15.6. The zero-order valence-electron chi connectivity index (χ0n) is 18.8. The van der Waals surface area contributed by atoms with Crippen molar-refractivity contribution < 1.29 is 47.7 Å². The molecule has 180 valence electrons. The van der Waals surface area contributed by atoms with Crippen molar-refractivity contribution in [2.75, 3.05) is 6.61 Å². The van der Waals surface area contributed by atoms with E-state index in [-0.39, 0.29) is 13.0 Å². The van der Waals surface area contributed by atoms with Crippen molar-refractivity contribution in [1.29, 1.82) is 0 Å². The van der Waals surface area contributed by atoms with E-state index < -0.39 is 60.4 Å². The normalized spacial score (nSPS) is 24.2. The second kappa shape index (κ2) is 12.0. The lowest BCUT2D eigenvalue weighted by Gasteiger charge is -2.44. The van der Waals surface area contributed by atoms with Crippen LogP contribution in [0.5, 0.6) is 0 Å². The van der Waals surface area contributed by atoms with Crippen molar-refractivity contribution in [1.82, 2.24) is 5.32 Å². The molecule has 0 aliphatic carbocycles. The van der Waals surface area contributed by atoms with Crippen molar-refractivity contribution in [3.05, 3.63) is 35.9 Å². The Kier molecular flexibility index (Phi) is 9.34. The molecule has 0 spiro atoms. The molecular weight excluding hydrogens is 438 g/mol. The fraction of sp³-hybridized carbons (Fsp3) is 0.500. The van der Waals surface area contributed by atoms with Gasteiger partial charge < -0.3 is 29.0 Å². The molecule has 0 bridgehead atoms. The number of hydrogen-bond donors (Lipinski definition) is 1. The summed E-state index contributed by atoms with van der Waals surface area (Å²) in [5, 5.41) is 2.53. The topological polar surface area (TPSA) is 144 Å². The first-order valence-electron chi connectivity index (χ1n) is 10.2. The maximum Gasteiger partial charge on any atom is 0.312 e. The molecule has 11 nitrogen and oxygen atoms in total. The minimum Gasteiger partial charge on any atom is -0.463 e. The molecule has 0 saturated carbocycles. The lowest BCUT2D eigenvalue weighted by Crippen LogP contribution is -2.66. The third-order valence-electron chi connectivity index (χ3n) is 4.51. The summed E-state index contributed by atoms with van der Waals surface area (Å²) < 4.78 is 26.9. The van der Waals surface area contributed by atoms with Gasteiger partial charge in [-0.3, -0.25) is 24.0 Å². The van der Waals surface area contributed by atoms with Gasteiger partial charge in [0.1, 0.15) is 18.8 Å². The van der Waals surface area contributed by atoms with E-state index in [9.17, 15) is 24.0 Å². The Bertz CT molecular complexity index is 871. The molecule has 0 aromatic heterocycles. The van der Waals surface area contributed by atoms with Gasteiger partial charge in [-0.25, -0.2) is 0 Å². The molecule has 11 heteroatoms. The molecule has 1 N–H and O–H groups in total. The average Bonchev–Trinajstić information content (AvgIpc) is 2.70. The average molecular weight is 465 g/mol. The Labute approximate surface area is 190 Å². The molecule has 33 heavy (non-hydrogen) atoms. The molecule has 1 aromatic carbocycles. The predicted octanol–water partition coefficient (Wildman–Crippen LogP) is 0.428. The molecule has 1 aromatic rings. The van der Waals surface area contributed by atoms with Crippen molar-refractivity contribution >= 4 is 29.8 Å². The Morgan fingerprint density at radius 1 is 0.848 bits per heavy atom. The van der Waals surface area contributed by atoms with Gasteiger partial charge in [0.2, 0.25) is 12.2 Å². The molecule has 1 amide bonds. The molecule has 5 atom stereocenters. The van der Waals surface area contributed by atoms with E-state index in [1.807, 2.05) is 0 Å². The molecule has 0 radical (unpaired) electrons. The highest BCUT2D eigenvalue weighted by Gasteiger charge is 2.52. The summed E-state index contributed by atoms with van der Waals surface area (Å²) in [5.41, 5.74) is 0.681. The summed E-state index contributed by atoms with van der Waals surface area (Å²) in [4.78, 5) is 59.3. The maximum atomic E-state index is 12.6. The minimum absolute atomic E-state index is 0.0896. The van der Waals surface area contributed by atoms with Gasteiger partial charge in [-0.15, -0.1) is 0 Å². The third kappa shape index (κ3) is 8.19. The molecule has 1 heterocycles. The lowest BCUT2D eigenvalue weighted by atomic mass is 9.96. The molecule has 2 rings (SSSR count). The maximum absolute atomic E-state index is 12.6. The molecule has 1 fully saturated rings. The first-order valence-corrected chi connectivity index (χ1v) is 10.2. The number of rotatable bonds is 8. The van der Waals surface area contributed by atoms with Crippen LogP contribution in [-0.4, -0.2) is 67.0 Å². The largest absolute Gasteiger partial charge is 0.463 e. The van der Waals surface area contributed by atoms with Gasteiger partial charge in [-0.1, -0.05) is 30.3 Å². The summed E-state index contributed by atoms with van der Waals surface area (Å²) in [6, 6.07) is 7.57. The molecule has 0 unspecified atom stereocenters. The number of amides is 1. The number of ether oxygens (including phenoxy) is 5. The molecular formula is C22H27NO10. The Balaban J connectivity index is 2.35. The monoisotopic (exact) mass is 465 g/mol. The van der Waals surface area contributed by atoms with E-state index >= 15 is 0 Å². The highest BCUT2D eigenvalue weighted by molar-refractivity contribution is 5.75. The second-order valence-electron chi connectivity index (χ2n) is 7.37. The van der Waals surface area contributed by atoms with Crippen LogP contribution < -0.4 is 5.32 Å². The third-order valence-corrected chi connectivity index (χ3v) is 4.51. The Hall–Kier alpha value is -3.47. The summed E-state index contributed by atoms with van der Waals surface area (Å²) in [5.74, 6) is -3.32. The van der Waals surface area contributed by atoms with E-state index in [4.69, 9.17) is 23.7 Å². The second-order valence-corrected chi connectivity index (χ2v) is 7.37. The van der Waals surface area contributed by atoms with Crippen molar-refractivity contribution in [3.8, 4) is 0 Å². The van der Waals surface area contributed by atoms with Crippen molar-refractivity contribution in [2.45, 2.75) is 64.8 Å². The smallest absolute Gasteiger partial charge is 0.312 e. The number of carbonyl (C=O) groups excluding carboxylic acids is 5. The van der Waals surface area contributed by atoms with Gasteiger partial charge in [0, 0.05) is 27.7 Å². The van der Waals surface area contributed by atoms with Crippen LogP contribution in [0.15, 0.2) is 30.3 Å². The van der Waals surface area contributed by atoms with Gasteiger partial charge in [0.15, 0.2) is 12.2 Å². The van der Waals surface area contributed by atoms with Crippen LogP contribution in [0.1, 0.15) is 33.3 Å². The van der Waals surface area contributed by atoms with Gasteiger partial charge in [-0.05, 0) is 5.56 Å². The van der Waals surface area contributed by atoms with Crippen molar-refractivity contribution in [3.63, 3.8) is 0 Å². The van der Waals surface area contributed by atoms with E-state index in [0.717, 1.165) is 13.8 Å². The van der Waals surface area contributed by atoms with Gasteiger partial charge in [0.05, 0.1) is 6.42 Å². The molecule has 1 aliphatic heterocycles. The Morgan fingerprint density at radius 2 is 1.45 bits per heavy atom. The number of esters is 4. The van der Waals surface area contributed by atoms with Crippen LogP contribution in [0.25, 0.3) is 0 Å². The summed E-state index contributed by atoms with van der Waals surface area (Å²) >= 11 is 0. The number of hydrogen-bond acceptors (Lipinski definition) is 10. The van der Waals surface area contributed by atoms with Crippen LogP contribution in [0.4, 0.5) is 0 Å².